The number of unbranched alkanes of at least 4 members (excludes halogenated alkanes) is 5. The zero-order valence-corrected chi connectivity index (χ0v) is 14.6. The molecule has 0 aliphatic carbocycles. The highest BCUT2D eigenvalue weighted by Gasteiger charge is 2.09. The van der Waals surface area contributed by atoms with E-state index >= 15 is 0 Å². The molecule has 128 valence electrons. The Hall–Kier alpha value is -0.160. The molecule has 1 atom stereocenters. The highest BCUT2D eigenvalue weighted by molar-refractivity contribution is 4.68. The van der Waals surface area contributed by atoms with Crippen LogP contribution in [0.4, 0.5) is 0 Å². The van der Waals surface area contributed by atoms with Crippen LogP contribution in [0.5, 0.6) is 0 Å². The molecule has 0 bridgehead atoms. The van der Waals surface area contributed by atoms with Crippen LogP contribution in [-0.4, -0.2) is 50.2 Å². The molecule has 0 aromatic carbocycles. The van der Waals surface area contributed by atoms with Gasteiger partial charge in [-0.3, -0.25) is 0 Å². The second-order valence-electron chi connectivity index (χ2n) is 6.21. The average molecular weight is 301 g/mol. The topological polar surface area (TPSA) is 67.3 Å². The number of nitrogens with one attached hydrogen (secondary N) is 1. The molecular formula is C17H40N4. The van der Waals surface area contributed by atoms with Gasteiger partial charge in [-0.05, 0) is 58.9 Å². The quantitative estimate of drug-likeness (QED) is 0.383. The fourth-order valence-electron chi connectivity index (χ4n) is 2.63. The molecule has 0 amide bonds. The van der Waals surface area contributed by atoms with Gasteiger partial charge in [0.15, 0.2) is 0 Å². The molecule has 0 rings (SSSR count). The summed E-state index contributed by atoms with van der Waals surface area (Å²) in [5, 5.41) is 3.56. The largest absolute Gasteiger partial charge is 0.330 e. The van der Waals surface area contributed by atoms with Crippen LogP contribution in [0.25, 0.3) is 0 Å². The molecule has 0 saturated carbocycles. The fourth-order valence-corrected chi connectivity index (χ4v) is 2.63. The molecule has 4 heteroatoms. The summed E-state index contributed by atoms with van der Waals surface area (Å²) in [7, 11) is 0. The van der Waals surface area contributed by atoms with Gasteiger partial charge in [-0.25, -0.2) is 0 Å². The third kappa shape index (κ3) is 14.5. The van der Waals surface area contributed by atoms with Crippen molar-refractivity contribution in [3.63, 3.8) is 0 Å². The molecule has 0 heterocycles. The van der Waals surface area contributed by atoms with Gasteiger partial charge in [0, 0.05) is 12.6 Å². The normalized spacial score (nSPS) is 13.0. The van der Waals surface area contributed by atoms with Gasteiger partial charge in [-0.1, -0.05) is 39.0 Å². The van der Waals surface area contributed by atoms with Gasteiger partial charge in [-0.15, -0.1) is 0 Å². The highest BCUT2D eigenvalue weighted by atomic mass is 15.1. The first-order valence-electron chi connectivity index (χ1n) is 9.10. The minimum atomic E-state index is 0.536. The summed E-state index contributed by atoms with van der Waals surface area (Å²) < 4.78 is 0. The first-order chi connectivity index (χ1) is 10.2. The first-order valence-corrected chi connectivity index (χ1v) is 9.10. The van der Waals surface area contributed by atoms with E-state index in [1.54, 1.807) is 0 Å². The van der Waals surface area contributed by atoms with Crippen LogP contribution >= 0.6 is 0 Å². The minimum Gasteiger partial charge on any atom is -0.330 e. The van der Waals surface area contributed by atoms with Gasteiger partial charge in [-0.2, -0.15) is 0 Å². The van der Waals surface area contributed by atoms with Gasteiger partial charge in [0.1, 0.15) is 0 Å². The highest BCUT2D eigenvalue weighted by Crippen LogP contribution is 2.06. The van der Waals surface area contributed by atoms with E-state index in [0.717, 1.165) is 45.6 Å². The van der Waals surface area contributed by atoms with Crippen molar-refractivity contribution in [2.24, 2.45) is 11.5 Å². The van der Waals surface area contributed by atoms with Crippen molar-refractivity contribution in [3.05, 3.63) is 0 Å². The second-order valence-corrected chi connectivity index (χ2v) is 6.21. The molecule has 4 nitrogen and oxygen atoms in total. The van der Waals surface area contributed by atoms with E-state index < -0.39 is 0 Å². The number of nitrogens with zero attached hydrogens (tertiary/aromatic N) is 1. The molecule has 0 fully saturated rings. The van der Waals surface area contributed by atoms with Crippen molar-refractivity contribution in [2.45, 2.75) is 71.3 Å². The van der Waals surface area contributed by atoms with Crippen LogP contribution in [-0.2, 0) is 0 Å². The fraction of sp³-hybridized carbons (Fsp3) is 1.00. The predicted octanol–water partition coefficient (Wildman–Crippen LogP) is 2.32. The summed E-state index contributed by atoms with van der Waals surface area (Å²) in [4.78, 5) is 2.58. The number of rotatable bonds is 16. The van der Waals surface area contributed by atoms with E-state index in [-0.39, 0.29) is 0 Å². The van der Waals surface area contributed by atoms with E-state index in [0.29, 0.717) is 6.04 Å². The van der Waals surface area contributed by atoms with Crippen molar-refractivity contribution >= 4 is 0 Å². The SMILES string of the molecule is CCCCCCCCN(CCCN)CC(C)NCCCN. The Balaban J connectivity index is 3.79. The van der Waals surface area contributed by atoms with Crippen LogP contribution in [0.2, 0.25) is 0 Å². The molecular weight excluding hydrogens is 260 g/mol. The van der Waals surface area contributed by atoms with E-state index in [2.05, 4.69) is 24.1 Å². The molecule has 0 spiro atoms. The maximum atomic E-state index is 5.66. The lowest BCUT2D eigenvalue weighted by molar-refractivity contribution is 0.240. The van der Waals surface area contributed by atoms with Gasteiger partial charge in [0.05, 0.1) is 0 Å². The van der Waals surface area contributed by atoms with E-state index in [4.69, 9.17) is 11.5 Å². The van der Waals surface area contributed by atoms with E-state index in [1.807, 2.05) is 0 Å². The Morgan fingerprint density at radius 2 is 1.48 bits per heavy atom. The Bertz CT molecular complexity index is 199. The zero-order valence-electron chi connectivity index (χ0n) is 14.6. The molecule has 0 saturated heterocycles. The van der Waals surface area contributed by atoms with Gasteiger partial charge in [0.25, 0.3) is 0 Å². The van der Waals surface area contributed by atoms with Crippen LogP contribution in [0, 0.1) is 0 Å². The Morgan fingerprint density at radius 3 is 2.14 bits per heavy atom. The monoisotopic (exact) mass is 300 g/mol. The summed E-state index contributed by atoms with van der Waals surface area (Å²) in [6, 6.07) is 0.536. The third-order valence-corrected chi connectivity index (χ3v) is 3.91. The standard InChI is InChI=1S/C17H40N4/c1-3-4-5-6-7-8-14-21(15-10-12-19)16-17(2)20-13-9-11-18/h17,20H,3-16,18-19H2,1-2H3. The maximum Gasteiger partial charge on any atom is 0.0166 e. The van der Waals surface area contributed by atoms with Crippen LogP contribution < -0.4 is 16.8 Å². The van der Waals surface area contributed by atoms with Crippen molar-refractivity contribution in [3.8, 4) is 0 Å². The zero-order chi connectivity index (χ0) is 15.8. The van der Waals surface area contributed by atoms with Crippen LogP contribution in [0.15, 0.2) is 0 Å². The Morgan fingerprint density at radius 1 is 0.857 bits per heavy atom. The predicted molar refractivity (Wildman–Crippen MR) is 94.6 cm³/mol. The van der Waals surface area contributed by atoms with Gasteiger partial charge >= 0.3 is 0 Å². The maximum absolute atomic E-state index is 5.66. The second kappa shape index (κ2) is 16.2. The molecule has 1 unspecified atom stereocenters. The number of hydrogen-bond acceptors (Lipinski definition) is 4. The molecule has 0 aromatic heterocycles. The lowest BCUT2D eigenvalue weighted by atomic mass is 10.1. The average Bonchev–Trinajstić information content (AvgIpc) is 2.48. The lowest BCUT2D eigenvalue weighted by Crippen LogP contribution is -2.41. The first kappa shape index (κ1) is 20.8. The Labute approximate surface area is 133 Å². The van der Waals surface area contributed by atoms with E-state index in [1.165, 1.54) is 45.1 Å². The lowest BCUT2D eigenvalue weighted by Gasteiger charge is -2.26. The molecule has 0 aliphatic rings. The van der Waals surface area contributed by atoms with Gasteiger partial charge < -0.3 is 21.7 Å². The molecule has 0 aliphatic heterocycles. The van der Waals surface area contributed by atoms with Crippen molar-refractivity contribution in [1.82, 2.24) is 10.2 Å². The van der Waals surface area contributed by atoms with Crippen LogP contribution in [0.1, 0.15) is 65.2 Å². The summed E-state index contributed by atoms with van der Waals surface area (Å²) >= 11 is 0. The van der Waals surface area contributed by atoms with E-state index in [9.17, 15) is 0 Å². The minimum absolute atomic E-state index is 0.536. The van der Waals surface area contributed by atoms with Crippen LogP contribution in [0.3, 0.4) is 0 Å². The van der Waals surface area contributed by atoms with Crippen molar-refractivity contribution in [2.75, 3.05) is 39.3 Å². The summed E-state index contributed by atoms with van der Waals surface area (Å²) in [6.45, 7) is 10.6. The molecule has 5 N–H and O–H groups in total. The van der Waals surface area contributed by atoms with Crippen molar-refractivity contribution in [1.29, 1.82) is 0 Å². The number of hydrogen-bond donors (Lipinski definition) is 3. The van der Waals surface area contributed by atoms with Crippen molar-refractivity contribution < 1.29 is 0 Å². The Kier molecular flexibility index (Phi) is 16.1. The third-order valence-electron chi connectivity index (χ3n) is 3.91. The number of nitrogens with two attached hydrogens (primary N) is 2. The summed E-state index contributed by atoms with van der Waals surface area (Å²) in [6.07, 6.45) is 10.4. The summed E-state index contributed by atoms with van der Waals surface area (Å²) in [5.74, 6) is 0. The molecule has 0 aromatic rings. The molecule has 21 heavy (non-hydrogen) atoms. The smallest absolute Gasteiger partial charge is 0.0166 e. The molecule has 0 radical (unpaired) electrons. The summed E-state index contributed by atoms with van der Waals surface area (Å²) in [5.41, 5.74) is 11.2. The van der Waals surface area contributed by atoms with Gasteiger partial charge in [0.2, 0.25) is 0 Å².